The van der Waals surface area contributed by atoms with Gasteiger partial charge in [-0.15, -0.1) is 0 Å². The van der Waals surface area contributed by atoms with E-state index in [1.807, 2.05) is 24.4 Å². The van der Waals surface area contributed by atoms with Crippen LogP contribution in [-0.4, -0.2) is 45.2 Å². The van der Waals surface area contributed by atoms with E-state index in [0.717, 1.165) is 27.9 Å². The van der Waals surface area contributed by atoms with E-state index >= 15 is 0 Å². The number of imide groups is 1. The maximum Gasteiger partial charge on any atom is 0.324 e. The van der Waals surface area contributed by atoms with E-state index in [1.54, 1.807) is 11.8 Å². The minimum absolute atomic E-state index is 0.101. The summed E-state index contributed by atoms with van der Waals surface area (Å²) in [5.41, 5.74) is 4.41. The summed E-state index contributed by atoms with van der Waals surface area (Å²) in [5.74, 6) is 0.598. The molecule has 29 heavy (non-hydrogen) atoms. The Balaban J connectivity index is 1.53. The average molecular weight is 407 g/mol. The van der Waals surface area contributed by atoms with Gasteiger partial charge in [-0.25, -0.2) is 9.78 Å². The molecular weight excluding hydrogens is 384 g/mol. The van der Waals surface area contributed by atoms with E-state index in [9.17, 15) is 9.59 Å². The summed E-state index contributed by atoms with van der Waals surface area (Å²) in [6.07, 6.45) is 2.61. The number of aryl methyl sites for hydroxylation is 1. The third-order valence-electron chi connectivity index (χ3n) is 4.79. The van der Waals surface area contributed by atoms with Gasteiger partial charge < -0.3 is 5.32 Å². The predicted molar refractivity (Wildman–Crippen MR) is 114 cm³/mol. The summed E-state index contributed by atoms with van der Waals surface area (Å²) in [4.78, 5) is 29.3. The number of carbonyl (C=O) groups excluding carboxylic acids is 2. The molecule has 0 saturated carbocycles. The highest BCUT2D eigenvalue weighted by atomic mass is 32.2. The van der Waals surface area contributed by atoms with Crippen molar-refractivity contribution in [3.8, 4) is 16.9 Å². The number of para-hydroxylation sites is 1. The van der Waals surface area contributed by atoms with E-state index in [2.05, 4.69) is 58.2 Å². The minimum Gasteiger partial charge on any atom is -0.329 e. The van der Waals surface area contributed by atoms with E-state index in [0.29, 0.717) is 13.0 Å². The molecule has 3 aromatic rings. The molecular formula is C22H22N4O2S. The molecule has 0 unspecified atom stereocenters. The van der Waals surface area contributed by atoms with Crippen molar-refractivity contribution in [3.63, 3.8) is 0 Å². The molecule has 1 aliphatic rings. The maximum atomic E-state index is 11.7. The second-order valence-electron chi connectivity index (χ2n) is 6.87. The van der Waals surface area contributed by atoms with Crippen LogP contribution in [0.1, 0.15) is 12.0 Å². The standard InChI is InChI=1S/C22H22N4O2S/c1-16-8-10-17(11-9-16)19-14-24-22(26(19)18-6-3-2-4-7-18)29-13-5-12-25-20(27)15-23-21(25)28/h2-4,6-11,14H,5,12-13,15H2,1H3,(H,23,28). The van der Waals surface area contributed by atoms with Gasteiger partial charge in [-0.1, -0.05) is 59.8 Å². The van der Waals surface area contributed by atoms with Crippen LogP contribution in [0.25, 0.3) is 16.9 Å². The lowest BCUT2D eigenvalue weighted by atomic mass is 10.1. The van der Waals surface area contributed by atoms with Gasteiger partial charge in [0, 0.05) is 23.5 Å². The number of nitrogens with one attached hydrogen (secondary N) is 1. The molecule has 4 rings (SSSR count). The van der Waals surface area contributed by atoms with Crippen LogP contribution in [0.4, 0.5) is 4.79 Å². The van der Waals surface area contributed by atoms with Crippen molar-refractivity contribution in [1.82, 2.24) is 19.8 Å². The Morgan fingerprint density at radius 3 is 2.52 bits per heavy atom. The molecule has 3 amide bonds. The second kappa shape index (κ2) is 8.53. The maximum absolute atomic E-state index is 11.7. The number of benzene rings is 2. The van der Waals surface area contributed by atoms with Crippen molar-refractivity contribution in [1.29, 1.82) is 0 Å². The van der Waals surface area contributed by atoms with Gasteiger partial charge in [-0.3, -0.25) is 14.3 Å². The highest BCUT2D eigenvalue weighted by molar-refractivity contribution is 7.99. The molecule has 0 atom stereocenters. The van der Waals surface area contributed by atoms with Crippen LogP contribution < -0.4 is 5.32 Å². The number of carbonyl (C=O) groups is 2. The molecule has 1 saturated heterocycles. The van der Waals surface area contributed by atoms with Crippen LogP contribution in [0.5, 0.6) is 0 Å². The third-order valence-corrected chi connectivity index (χ3v) is 5.82. The molecule has 0 radical (unpaired) electrons. The fourth-order valence-electron chi connectivity index (χ4n) is 3.26. The lowest BCUT2D eigenvalue weighted by Crippen LogP contribution is -2.32. The second-order valence-corrected chi connectivity index (χ2v) is 7.93. The number of hydrogen-bond acceptors (Lipinski definition) is 4. The van der Waals surface area contributed by atoms with Gasteiger partial charge in [0.15, 0.2) is 5.16 Å². The predicted octanol–water partition coefficient (Wildman–Crippen LogP) is 3.88. The first kappa shape index (κ1) is 19.3. The monoisotopic (exact) mass is 406 g/mol. The fourth-order valence-corrected chi connectivity index (χ4v) is 4.18. The summed E-state index contributed by atoms with van der Waals surface area (Å²) < 4.78 is 2.16. The third kappa shape index (κ3) is 4.19. The van der Waals surface area contributed by atoms with Crippen molar-refractivity contribution >= 4 is 23.7 Å². The first-order chi connectivity index (χ1) is 14.1. The Hall–Kier alpha value is -3.06. The molecule has 0 spiro atoms. The molecule has 7 heteroatoms. The number of hydrogen-bond donors (Lipinski definition) is 1. The SMILES string of the molecule is Cc1ccc(-c2cnc(SCCCN3C(=O)CNC3=O)n2-c2ccccc2)cc1. The smallest absolute Gasteiger partial charge is 0.324 e. The highest BCUT2D eigenvalue weighted by Crippen LogP contribution is 2.30. The van der Waals surface area contributed by atoms with Gasteiger partial charge in [0.05, 0.1) is 18.4 Å². The quantitative estimate of drug-likeness (QED) is 0.367. The number of rotatable bonds is 7. The van der Waals surface area contributed by atoms with Gasteiger partial charge in [0.1, 0.15) is 0 Å². The molecule has 1 aromatic heterocycles. The number of aromatic nitrogens is 2. The van der Waals surface area contributed by atoms with Crippen LogP contribution >= 0.6 is 11.8 Å². The topological polar surface area (TPSA) is 67.2 Å². The van der Waals surface area contributed by atoms with Crippen LogP contribution in [0, 0.1) is 6.92 Å². The summed E-state index contributed by atoms with van der Waals surface area (Å²) in [6.45, 7) is 2.60. The lowest BCUT2D eigenvalue weighted by molar-refractivity contribution is -0.124. The normalized spacial score (nSPS) is 13.8. The molecule has 1 fully saturated rings. The van der Waals surface area contributed by atoms with Crippen molar-refractivity contribution in [2.24, 2.45) is 0 Å². The van der Waals surface area contributed by atoms with Crippen LogP contribution in [-0.2, 0) is 4.79 Å². The summed E-state index contributed by atoms with van der Waals surface area (Å²) in [6, 6.07) is 18.3. The van der Waals surface area contributed by atoms with Crippen molar-refractivity contribution in [2.45, 2.75) is 18.5 Å². The first-order valence-electron chi connectivity index (χ1n) is 9.54. The van der Waals surface area contributed by atoms with Crippen LogP contribution in [0.3, 0.4) is 0 Å². The van der Waals surface area contributed by atoms with Gasteiger partial charge in [-0.2, -0.15) is 0 Å². The Bertz CT molecular complexity index is 999. The Morgan fingerprint density at radius 2 is 1.83 bits per heavy atom. The summed E-state index contributed by atoms with van der Waals surface area (Å²) in [7, 11) is 0. The number of imidazole rings is 1. The van der Waals surface area contributed by atoms with Crippen LogP contribution in [0.15, 0.2) is 66.0 Å². The molecule has 1 N–H and O–H groups in total. The highest BCUT2D eigenvalue weighted by Gasteiger charge is 2.27. The Morgan fingerprint density at radius 1 is 1.07 bits per heavy atom. The van der Waals surface area contributed by atoms with E-state index in [1.165, 1.54) is 10.5 Å². The number of thioether (sulfide) groups is 1. The lowest BCUT2D eigenvalue weighted by Gasteiger charge is -2.13. The van der Waals surface area contributed by atoms with E-state index in [4.69, 9.17) is 0 Å². The van der Waals surface area contributed by atoms with Gasteiger partial charge >= 0.3 is 6.03 Å². The van der Waals surface area contributed by atoms with Crippen LogP contribution in [0.2, 0.25) is 0 Å². The largest absolute Gasteiger partial charge is 0.329 e. The van der Waals surface area contributed by atoms with E-state index < -0.39 is 0 Å². The number of nitrogens with zero attached hydrogens (tertiary/aromatic N) is 3. The zero-order valence-electron chi connectivity index (χ0n) is 16.2. The molecule has 1 aliphatic heterocycles. The van der Waals surface area contributed by atoms with Gasteiger partial charge in [0.25, 0.3) is 0 Å². The fraction of sp³-hybridized carbons (Fsp3) is 0.227. The number of urea groups is 1. The molecule has 2 heterocycles. The first-order valence-corrected chi connectivity index (χ1v) is 10.5. The molecule has 6 nitrogen and oxygen atoms in total. The van der Waals surface area contributed by atoms with Crippen molar-refractivity contribution in [2.75, 3.05) is 18.8 Å². The molecule has 0 bridgehead atoms. The van der Waals surface area contributed by atoms with Gasteiger partial charge in [-0.05, 0) is 25.5 Å². The van der Waals surface area contributed by atoms with Crippen molar-refractivity contribution in [3.05, 3.63) is 66.4 Å². The summed E-state index contributed by atoms with van der Waals surface area (Å²) in [5, 5.41) is 3.44. The van der Waals surface area contributed by atoms with Crippen molar-refractivity contribution < 1.29 is 9.59 Å². The molecule has 2 aromatic carbocycles. The number of amides is 3. The summed E-state index contributed by atoms with van der Waals surface area (Å²) >= 11 is 1.63. The molecule has 148 valence electrons. The van der Waals surface area contributed by atoms with E-state index in [-0.39, 0.29) is 18.5 Å². The Labute approximate surface area is 173 Å². The molecule has 0 aliphatic carbocycles. The zero-order valence-corrected chi connectivity index (χ0v) is 17.0. The van der Waals surface area contributed by atoms with Gasteiger partial charge in [0.2, 0.25) is 5.91 Å². The Kier molecular flexibility index (Phi) is 5.67. The minimum atomic E-state index is -0.299. The zero-order chi connectivity index (χ0) is 20.2. The average Bonchev–Trinajstić information content (AvgIpc) is 3.30.